The van der Waals surface area contributed by atoms with Gasteiger partial charge in [-0.15, -0.1) is 0 Å². The molecule has 2 aliphatic rings. The number of carbonyl (C=O) groups excluding carboxylic acids is 2. The van der Waals surface area contributed by atoms with Crippen LogP contribution in [0, 0.1) is 11.3 Å². The van der Waals surface area contributed by atoms with Crippen LogP contribution in [0.25, 0.3) is 5.70 Å². The minimum atomic E-state index is -0.697. The number of hydrogen-bond acceptors (Lipinski definition) is 7. The molecule has 8 heteroatoms. The van der Waals surface area contributed by atoms with E-state index in [1.54, 1.807) is 31.2 Å². The lowest BCUT2D eigenvalue weighted by atomic mass is 9.79. The Kier molecular flexibility index (Phi) is 6.79. The van der Waals surface area contributed by atoms with Crippen LogP contribution in [0.1, 0.15) is 45.5 Å². The number of benzene rings is 3. The van der Waals surface area contributed by atoms with Gasteiger partial charge in [-0.1, -0.05) is 42.5 Å². The predicted molar refractivity (Wildman–Crippen MR) is 144 cm³/mol. The van der Waals surface area contributed by atoms with Crippen LogP contribution in [-0.4, -0.2) is 26.0 Å². The fraction of sp³-hybridized carbons (Fsp3) is 0.167. The van der Waals surface area contributed by atoms with Crippen LogP contribution < -0.4 is 14.8 Å². The van der Waals surface area contributed by atoms with Gasteiger partial charge in [0.25, 0.3) is 0 Å². The molecule has 5 rings (SSSR count). The number of ketones is 1. The average molecular weight is 571 g/mol. The smallest absolute Gasteiger partial charge is 0.336 e. The van der Waals surface area contributed by atoms with Crippen molar-refractivity contribution in [3.05, 3.63) is 110 Å². The molecular weight excluding hydrogens is 548 g/mol. The Hall–Kier alpha value is -4.35. The van der Waals surface area contributed by atoms with Crippen LogP contribution in [0.5, 0.6) is 11.5 Å². The van der Waals surface area contributed by atoms with E-state index in [4.69, 9.17) is 14.2 Å². The molecule has 0 saturated carbocycles. The van der Waals surface area contributed by atoms with Gasteiger partial charge < -0.3 is 19.5 Å². The Morgan fingerprint density at radius 3 is 2.50 bits per heavy atom. The van der Waals surface area contributed by atoms with Crippen molar-refractivity contribution < 1.29 is 23.8 Å². The molecule has 3 aromatic carbocycles. The van der Waals surface area contributed by atoms with E-state index in [-0.39, 0.29) is 12.4 Å². The SMILES string of the molecule is COC(=O)C1=C(C)NC2=C(C(=O)c3ccccc32)[C@H]1c1cc(Br)c(OCc2ccccc2C#N)c(OC)c1. The summed E-state index contributed by atoms with van der Waals surface area (Å²) in [4.78, 5) is 26.6. The third-order valence-corrected chi connectivity index (χ3v) is 7.34. The molecule has 0 radical (unpaired) electrons. The molecule has 0 saturated heterocycles. The highest BCUT2D eigenvalue weighted by atomic mass is 79.9. The predicted octanol–water partition coefficient (Wildman–Crippen LogP) is 5.65. The number of allylic oxidation sites excluding steroid dienone is 2. The number of nitrogens with one attached hydrogen (secondary N) is 1. The first kappa shape index (κ1) is 25.3. The molecule has 0 aromatic heterocycles. The van der Waals surface area contributed by atoms with E-state index in [1.807, 2.05) is 36.4 Å². The highest BCUT2D eigenvalue weighted by molar-refractivity contribution is 9.10. The summed E-state index contributed by atoms with van der Waals surface area (Å²) in [5.74, 6) is -0.524. The van der Waals surface area contributed by atoms with E-state index in [0.717, 1.165) is 11.1 Å². The Morgan fingerprint density at radius 2 is 1.79 bits per heavy atom. The van der Waals surface area contributed by atoms with Gasteiger partial charge in [-0.2, -0.15) is 5.26 Å². The van der Waals surface area contributed by atoms with E-state index in [2.05, 4.69) is 27.3 Å². The fourth-order valence-corrected chi connectivity index (χ4v) is 5.57. The van der Waals surface area contributed by atoms with E-state index in [1.165, 1.54) is 14.2 Å². The summed E-state index contributed by atoms with van der Waals surface area (Å²) in [5, 5.41) is 12.7. The lowest BCUT2D eigenvalue weighted by Gasteiger charge is -2.29. The summed E-state index contributed by atoms with van der Waals surface area (Å²) < 4.78 is 17.5. The van der Waals surface area contributed by atoms with E-state index < -0.39 is 11.9 Å². The van der Waals surface area contributed by atoms with Gasteiger partial charge in [0.15, 0.2) is 17.3 Å². The molecular formula is C30H23BrN2O5. The number of nitrogens with zero attached hydrogens (tertiary/aromatic N) is 1. The number of hydrogen-bond donors (Lipinski definition) is 1. The molecule has 0 unspecified atom stereocenters. The zero-order chi connectivity index (χ0) is 27.0. The lowest BCUT2D eigenvalue weighted by molar-refractivity contribution is -0.136. The standard InChI is InChI=1S/C30H23BrN2O5/c1-16-24(30(35)37-3)25(26-27(33-16)20-10-6-7-11-21(20)28(26)34)19-12-22(31)29(23(13-19)36-2)38-15-18-9-5-4-8-17(18)14-32/h4-13,25,33H,15H2,1-3H3/t25-/m0/s1. The fourth-order valence-electron chi connectivity index (χ4n) is 4.99. The molecule has 1 N–H and O–H groups in total. The van der Waals surface area contributed by atoms with Gasteiger partial charge in [-0.3, -0.25) is 4.79 Å². The second-order valence-electron chi connectivity index (χ2n) is 8.84. The van der Waals surface area contributed by atoms with Gasteiger partial charge in [0.1, 0.15) is 6.61 Å². The monoisotopic (exact) mass is 570 g/mol. The van der Waals surface area contributed by atoms with Gasteiger partial charge in [0, 0.05) is 33.9 Å². The number of halogens is 1. The number of dihydropyridines is 1. The second kappa shape index (κ2) is 10.2. The molecule has 38 heavy (non-hydrogen) atoms. The number of rotatable bonds is 6. The van der Waals surface area contributed by atoms with Gasteiger partial charge in [0.05, 0.1) is 41.6 Å². The van der Waals surface area contributed by atoms with Crippen LogP contribution in [0.3, 0.4) is 0 Å². The molecule has 0 spiro atoms. The van der Waals surface area contributed by atoms with E-state index in [0.29, 0.717) is 55.2 Å². The van der Waals surface area contributed by atoms with Crippen LogP contribution in [0.4, 0.5) is 0 Å². The van der Waals surface area contributed by atoms with Crippen molar-refractivity contribution >= 4 is 33.4 Å². The molecule has 1 atom stereocenters. The van der Waals surface area contributed by atoms with Gasteiger partial charge in [-0.25, -0.2) is 4.79 Å². The first-order valence-electron chi connectivity index (χ1n) is 11.8. The Morgan fingerprint density at radius 1 is 1.08 bits per heavy atom. The first-order chi connectivity index (χ1) is 18.4. The zero-order valence-corrected chi connectivity index (χ0v) is 22.5. The van der Waals surface area contributed by atoms with Crippen molar-refractivity contribution in [2.45, 2.75) is 19.4 Å². The molecule has 0 fully saturated rings. The van der Waals surface area contributed by atoms with Crippen molar-refractivity contribution in [3.63, 3.8) is 0 Å². The number of ether oxygens (including phenoxy) is 3. The first-order valence-corrected chi connectivity index (χ1v) is 12.6. The lowest BCUT2D eigenvalue weighted by Crippen LogP contribution is -2.29. The van der Waals surface area contributed by atoms with Crippen molar-refractivity contribution in [1.82, 2.24) is 5.32 Å². The Labute approximate surface area is 228 Å². The third kappa shape index (κ3) is 4.15. The molecule has 0 amide bonds. The quantitative estimate of drug-likeness (QED) is 0.382. The maximum absolute atomic E-state index is 13.6. The normalized spacial score (nSPS) is 15.9. The molecule has 1 aliphatic heterocycles. The van der Waals surface area contributed by atoms with Gasteiger partial charge in [-0.05, 0) is 46.6 Å². The topological polar surface area (TPSA) is 97.6 Å². The summed E-state index contributed by atoms with van der Waals surface area (Å²) >= 11 is 3.60. The van der Waals surface area contributed by atoms with Crippen molar-refractivity contribution in [1.29, 1.82) is 5.26 Å². The van der Waals surface area contributed by atoms with E-state index in [9.17, 15) is 14.9 Å². The summed E-state index contributed by atoms with van der Waals surface area (Å²) in [6.07, 6.45) is 0. The van der Waals surface area contributed by atoms with Crippen molar-refractivity contribution in [3.8, 4) is 17.6 Å². The van der Waals surface area contributed by atoms with E-state index >= 15 is 0 Å². The average Bonchev–Trinajstić information content (AvgIpc) is 3.22. The molecule has 1 heterocycles. The van der Waals surface area contributed by atoms with Gasteiger partial charge >= 0.3 is 5.97 Å². The maximum atomic E-state index is 13.6. The van der Waals surface area contributed by atoms with Crippen LogP contribution in [-0.2, 0) is 16.1 Å². The summed E-state index contributed by atoms with van der Waals surface area (Å²) in [6.45, 7) is 1.95. The van der Waals surface area contributed by atoms with Crippen molar-refractivity contribution in [2.24, 2.45) is 0 Å². The molecule has 0 bridgehead atoms. The zero-order valence-electron chi connectivity index (χ0n) is 20.9. The second-order valence-corrected chi connectivity index (χ2v) is 9.70. The van der Waals surface area contributed by atoms with Gasteiger partial charge in [0.2, 0.25) is 0 Å². The molecule has 1 aliphatic carbocycles. The third-order valence-electron chi connectivity index (χ3n) is 6.75. The minimum absolute atomic E-state index is 0.148. The highest BCUT2D eigenvalue weighted by Crippen LogP contribution is 2.49. The number of carbonyl (C=O) groups is 2. The van der Waals surface area contributed by atoms with Crippen LogP contribution >= 0.6 is 15.9 Å². The number of esters is 1. The maximum Gasteiger partial charge on any atom is 0.336 e. The number of nitriles is 1. The summed E-state index contributed by atoms with van der Waals surface area (Å²) in [7, 11) is 2.84. The van der Waals surface area contributed by atoms with Crippen LogP contribution in [0.2, 0.25) is 0 Å². The molecule has 7 nitrogen and oxygen atoms in total. The summed E-state index contributed by atoms with van der Waals surface area (Å²) in [5.41, 5.74) is 5.41. The van der Waals surface area contributed by atoms with Crippen LogP contribution in [0.15, 0.2) is 82.0 Å². The highest BCUT2D eigenvalue weighted by Gasteiger charge is 2.43. The summed E-state index contributed by atoms with van der Waals surface area (Å²) in [6, 6.07) is 20.3. The number of Topliss-reactive ketones (excluding diaryl/α,β-unsaturated/α-hetero) is 1. The molecule has 3 aromatic rings. The Balaban J connectivity index is 1.61. The molecule has 190 valence electrons. The minimum Gasteiger partial charge on any atom is -0.493 e. The largest absolute Gasteiger partial charge is 0.493 e. The number of fused-ring (bicyclic) bond motifs is 2. The Bertz CT molecular complexity index is 1600. The van der Waals surface area contributed by atoms with Crippen molar-refractivity contribution in [2.75, 3.05) is 14.2 Å². The number of methoxy groups -OCH3 is 2.